The van der Waals surface area contributed by atoms with Crippen molar-refractivity contribution in [3.8, 4) is 0 Å². The zero-order chi connectivity index (χ0) is 17.9. The monoisotopic (exact) mass is 381 g/mol. The fraction of sp³-hybridized carbons (Fsp3) is 0.417. The summed E-state index contributed by atoms with van der Waals surface area (Å²) in [6.07, 6.45) is 0. The standard InChI is InChI=1S/C12H15N5O6S.Na.H/c1-5-8(11(21)17(5)23-3-7(18)19)15-10(20)9(16-22-2)6-4-24-12(13)14-6;;/h4-5,8H,3H2,1-2H3,(H2,13,14)(H,15,20)(H,18,19);;/q;+1;-1/b16-9-;;/t5-,8-;;/m0../s1. The Labute approximate surface area is 169 Å². The number of hydroxylamine groups is 2. The van der Waals surface area contributed by atoms with E-state index in [1.54, 1.807) is 6.92 Å². The van der Waals surface area contributed by atoms with Gasteiger partial charge in [0.25, 0.3) is 11.8 Å². The van der Waals surface area contributed by atoms with Gasteiger partial charge in [0.2, 0.25) is 0 Å². The Kier molecular flexibility index (Phi) is 7.76. The topological polar surface area (TPSA) is 156 Å². The molecule has 1 fully saturated rings. The number of nitrogens with two attached hydrogens (primary N) is 1. The minimum atomic E-state index is -1.21. The van der Waals surface area contributed by atoms with Gasteiger partial charge in [-0.3, -0.25) is 14.4 Å². The van der Waals surface area contributed by atoms with E-state index in [0.29, 0.717) is 0 Å². The molecule has 0 radical (unpaired) electrons. The van der Waals surface area contributed by atoms with E-state index in [1.165, 1.54) is 12.5 Å². The Morgan fingerprint density at radius 2 is 2.28 bits per heavy atom. The molecule has 2 heterocycles. The summed E-state index contributed by atoms with van der Waals surface area (Å²) in [4.78, 5) is 48.1. The maximum atomic E-state index is 12.3. The van der Waals surface area contributed by atoms with Crippen LogP contribution in [-0.4, -0.2) is 64.4 Å². The van der Waals surface area contributed by atoms with E-state index in [2.05, 4.69) is 20.3 Å². The van der Waals surface area contributed by atoms with Crippen LogP contribution in [0.4, 0.5) is 5.13 Å². The molecule has 0 aliphatic carbocycles. The molecule has 0 unspecified atom stereocenters. The van der Waals surface area contributed by atoms with Crippen LogP contribution in [0.1, 0.15) is 14.0 Å². The zero-order valence-corrected chi connectivity index (χ0v) is 16.6. The first-order chi connectivity index (χ1) is 11.3. The SMILES string of the molecule is CO/N=C(\C(=O)N[C@@H]1C(=O)N(OCC(=O)O)[C@H]1C)c1csc(N)n1.[H-].[Na+]. The van der Waals surface area contributed by atoms with Gasteiger partial charge in [-0.1, -0.05) is 5.16 Å². The minimum Gasteiger partial charge on any atom is -1.00 e. The number of hydrogen-bond acceptors (Lipinski definition) is 9. The molecular formula is C12H16N5NaO6S. The number of carboxylic acids is 1. The molecule has 0 bridgehead atoms. The number of aliphatic carboxylic acids is 1. The quantitative estimate of drug-likeness (QED) is 0.186. The van der Waals surface area contributed by atoms with Crippen molar-refractivity contribution in [2.45, 2.75) is 19.0 Å². The molecule has 1 aromatic heterocycles. The van der Waals surface area contributed by atoms with E-state index in [4.69, 9.17) is 15.7 Å². The van der Waals surface area contributed by atoms with Gasteiger partial charge in [0, 0.05) is 5.38 Å². The summed E-state index contributed by atoms with van der Waals surface area (Å²) in [6, 6.07) is -1.41. The third-order valence-electron chi connectivity index (χ3n) is 3.11. The van der Waals surface area contributed by atoms with Gasteiger partial charge in [0.05, 0.1) is 6.04 Å². The van der Waals surface area contributed by atoms with Crippen LogP contribution < -0.4 is 40.6 Å². The van der Waals surface area contributed by atoms with E-state index in [-0.39, 0.29) is 47.5 Å². The summed E-state index contributed by atoms with van der Waals surface area (Å²) in [7, 11) is 1.27. The summed E-state index contributed by atoms with van der Waals surface area (Å²) in [5.41, 5.74) is 5.61. The number of carbonyl (C=O) groups is 3. The Bertz CT molecular complexity index is 701. The molecule has 11 nitrogen and oxygen atoms in total. The first kappa shape index (κ1) is 21.3. The van der Waals surface area contributed by atoms with Crippen molar-refractivity contribution in [2.24, 2.45) is 5.16 Å². The summed E-state index contributed by atoms with van der Waals surface area (Å²) >= 11 is 1.12. The number of hydrogen-bond donors (Lipinski definition) is 3. The molecule has 2 amide bonds. The zero-order valence-electron chi connectivity index (χ0n) is 14.8. The van der Waals surface area contributed by atoms with Crippen molar-refractivity contribution in [3.05, 3.63) is 11.1 Å². The number of thiazole rings is 1. The van der Waals surface area contributed by atoms with Gasteiger partial charge in [0.15, 0.2) is 17.5 Å². The third kappa shape index (κ3) is 4.89. The number of rotatable bonds is 7. The van der Waals surface area contributed by atoms with Gasteiger partial charge < -0.3 is 22.4 Å². The largest absolute Gasteiger partial charge is 1.00 e. The predicted octanol–water partition coefficient (Wildman–Crippen LogP) is -4.08. The van der Waals surface area contributed by atoms with Crippen molar-refractivity contribution < 1.29 is 60.1 Å². The van der Waals surface area contributed by atoms with Gasteiger partial charge in [0.1, 0.15) is 18.8 Å². The number of nitrogens with zero attached hydrogens (tertiary/aromatic N) is 3. The molecule has 2 rings (SSSR count). The van der Waals surface area contributed by atoms with Crippen LogP contribution in [0.25, 0.3) is 0 Å². The van der Waals surface area contributed by atoms with Crippen LogP contribution in [0.15, 0.2) is 10.5 Å². The second kappa shape index (κ2) is 9.10. The number of oxime groups is 1. The minimum absolute atomic E-state index is 0. The Morgan fingerprint density at radius 3 is 2.76 bits per heavy atom. The van der Waals surface area contributed by atoms with Gasteiger partial charge in [-0.15, -0.1) is 11.3 Å². The van der Waals surface area contributed by atoms with Gasteiger partial charge >= 0.3 is 35.5 Å². The normalized spacial score (nSPS) is 19.7. The Hall–Kier alpha value is -1.73. The summed E-state index contributed by atoms with van der Waals surface area (Å²) in [5.74, 6) is -2.45. The molecule has 0 aromatic carbocycles. The number of anilines is 1. The molecule has 0 saturated carbocycles. The second-order valence-electron chi connectivity index (χ2n) is 4.72. The van der Waals surface area contributed by atoms with Crippen molar-refractivity contribution in [1.82, 2.24) is 15.4 Å². The van der Waals surface area contributed by atoms with Gasteiger partial charge in [-0.05, 0) is 6.92 Å². The fourth-order valence-electron chi connectivity index (χ4n) is 1.99. The van der Waals surface area contributed by atoms with Crippen LogP contribution in [0, 0.1) is 0 Å². The predicted molar refractivity (Wildman–Crippen MR) is 83.0 cm³/mol. The maximum absolute atomic E-state index is 12.3. The average Bonchev–Trinajstić information content (AvgIpc) is 2.96. The first-order valence-electron chi connectivity index (χ1n) is 6.66. The van der Waals surface area contributed by atoms with Crippen molar-refractivity contribution >= 4 is 40.0 Å². The number of nitrogen functional groups attached to an aromatic ring is 1. The molecule has 25 heavy (non-hydrogen) atoms. The van der Waals surface area contributed by atoms with Gasteiger partial charge in [-0.2, -0.15) is 0 Å². The molecule has 1 aliphatic heterocycles. The maximum Gasteiger partial charge on any atom is 1.00 e. The van der Waals surface area contributed by atoms with E-state index >= 15 is 0 Å². The second-order valence-corrected chi connectivity index (χ2v) is 5.61. The molecule has 13 heteroatoms. The number of aromatic nitrogens is 1. The number of carbonyl (C=O) groups excluding carboxylic acids is 2. The first-order valence-corrected chi connectivity index (χ1v) is 7.54. The van der Waals surface area contributed by atoms with E-state index in [9.17, 15) is 14.4 Å². The van der Waals surface area contributed by atoms with Crippen LogP contribution >= 0.6 is 11.3 Å². The molecule has 132 valence electrons. The molecule has 0 spiro atoms. The van der Waals surface area contributed by atoms with Crippen molar-refractivity contribution in [2.75, 3.05) is 19.5 Å². The summed E-state index contributed by atoms with van der Waals surface area (Å²) in [6.45, 7) is 0.952. The summed E-state index contributed by atoms with van der Waals surface area (Å²) < 4.78 is 0. The van der Waals surface area contributed by atoms with Crippen LogP contribution in [0.3, 0.4) is 0 Å². The molecule has 4 N–H and O–H groups in total. The number of amides is 2. The molecule has 1 aromatic rings. The smallest absolute Gasteiger partial charge is 1.00 e. The van der Waals surface area contributed by atoms with E-state index < -0.39 is 36.5 Å². The average molecular weight is 381 g/mol. The number of carboxylic acid groups (broad SMARTS) is 1. The van der Waals surface area contributed by atoms with E-state index in [0.717, 1.165) is 16.4 Å². The van der Waals surface area contributed by atoms with Crippen LogP contribution in [0.5, 0.6) is 0 Å². The third-order valence-corrected chi connectivity index (χ3v) is 3.79. The van der Waals surface area contributed by atoms with E-state index in [1.807, 2.05) is 0 Å². The van der Waals surface area contributed by atoms with Crippen molar-refractivity contribution in [1.29, 1.82) is 0 Å². The fourth-order valence-corrected chi connectivity index (χ4v) is 2.54. The number of nitrogens with one attached hydrogen (secondary N) is 1. The van der Waals surface area contributed by atoms with Crippen molar-refractivity contribution in [3.63, 3.8) is 0 Å². The Balaban J connectivity index is 0.00000312. The van der Waals surface area contributed by atoms with Crippen LogP contribution in [-0.2, 0) is 24.1 Å². The number of β-lactam (4-membered cyclic amide) rings is 1. The molecule has 1 aliphatic rings. The van der Waals surface area contributed by atoms with Crippen LogP contribution in [0.2, 0.25) is 0 Å². The Morgan fingerprint density at radius 1 is 1.60 bits per heavy atom. The van der Waals surface area contributed by atoms with Gasteiger partial charge in [-0.25, -0.2) is 14.8 Å². The summed E-state index contributed by atoms with van der Waals surface area (Å²) in [5, 5.41) is 17.3. The molecular weight excluding hydrogens is 365 g/mol. The molecule has 1 saturated heterocycles. The molecule has 2 atom stereocenters.